The average molecular weight is 487 g/mol. The third-order valence-corrected chi connectivity index (χ3v) is 6.37. The number of aromatic nitrogens is 3. The van der Waals surface area contributed by atoms with Crippen LogP contribution in [0.5, 0.6) is 0 Å². The molecule has 4 rings (SSSR count). The summed E-state index contributed by atoms with van der Waals surface area (Å²) < 4.78 is 2.74. The molecule has 1 aromatic heterocycles. The second-order valence-corrected chi connectivity index (χ2v) is 8.44. The van der Waals surface area contributed by atoms with E-state index in [2.05, 4.69) is 32.7 Å². The van der Waals surface area contributed by atoms with E-state index < -0.39 is 0 Å². The molecule has 1 aliphatic carbocycles. The molecule has 5 nitrogen and oxygen atoms in total. The van der Waals surface area contributed by atoms with Gasteiger partial charge in [-0.3, -0.25) is 14.2 Å². The van der Waals surface area contributed by atoms with Gasteiger partial charge in [-0.15, -0.1) is 16.8 Å². The number of Topliss-reactive ketones (excluding diaryl/α,β-unsaturated/α-hetero) is 2. The number of ketones is 2. The molecule has 0 radical (unpaired) electrons. The Hall–Kier alpha value is -2.48. The van der Waals surface area contributed by atoms with Gasteiger partial charge in [0.2, 0.25) is 11.6 Å². The highest BCUT2D eigenvalue weighted by Crippen LogP contribution is 2.38. The second kappa shape index (κ2) is 8.10. The van der Waals surface area contributed by atoms with Gasteiger partial charge >= 0.3 is 0 Å². The Bertz CT molecular complexity index is 1200. The number of allylic oxidation sites excluding steroid dienone is 3. The van der Waals surface area contributed by atoms with E-state index in [0.29, 0.717) is 28.7 Å². The molecule has 0 bridgehead atoms. The van der Waals surface area contributed by atoms with Gasteiger partial charge in [-0.05, 0) is 23.9 Å². The Morgan fingerprint density at radius 3 is 2.48 bits per heavy atom. The standard InChI is InChI=1S/C21H13BrClN3O2S/c1-2-10-26-20(12-6-5-7-13(22)11-12)24-25-21(26)29-19-16(23)17(27)14-8-3-4-9-15(14)18(19)28/h2-9,11H,1,10H2. The molecule has 3 aromatic rings. The number of fused-ring (bicyclic) bond motifs is 1. The molecular formula is C21H13BrClN3O2S. The van der Waals surface area contributed by atoms with Crippen LogP contribution >= 0.6 is 39.3 Å². The van der Waals surface area contributed by atoms with E-state index in [1.54, 1.807) is 30.3 Å². The summed E-state index contributed by atoms with van der Waals surface area (Å²) in [5, 5.41) is 8.88. The van der Waals surface area contributed by atoms with Crippen LogP contribution in [0.4, 0.5) is 0 Å². The zero-order valence-electron chi connectivity index (χ0n) is 14.9. The molecule has 0 saturated heterocycles. The largest absolute Gasteiger partial charge is 0.298 e. The zero-order chi connectivity index (χ0) is 20.5. The first-order valence-electron chi connectivity index (χ1n) is 8.57. The zero-order valence-corrected chi connectivity index (χ0v) is 18.1. The monoisotopic (exact) mass is 485 g/mol. The van der Waals surface area contributed by atoms with Crippen molar-refractivity contribution in [2.24, 2.45) is 0 Å². The lowest BCUT2D eigenvalue weighted by atomic mass is 9.95. The minimum Gasteiger partial charge on any atom is -0.298 e. The van der Waals surface area contributed by atoms with Gasteiger partial charge in [-0.1, -0.05) is 70.0 Å². The molecule has 0 atom stereocenters. The number of carbonyl (C=O) groups excluding carboxylic acids is 2. The summed E-state index contributed by atoms with van der Waals surface area (Å²) in [6.07, 6.45) is 1.72. The molecule has 0 aliphatic heterocycles. The fraction of sp³-hybridized carbons (Fsp3) is 0.0476. The molecular weight excluding hydrogens is 474 g/mol. The summed E-state index contributed by atoms with van der Waals surface area (Å²) in [4.78, 5) is 25.7. The molecule has 1 aliphatic rings. The number of hydrogen-bond donors (Lipinski definition) is 0. The van der Waals surface area contributed by atoms with Crippen LogP contribution in [0.2, 0.25) is 0 Å². The number of carbonyl (C=O) groups is 2. The molecule has 144 valence electrons. The smallest absolute Gasteiger partial charge is 0.206 e. The first kappa shape index (κ1) is 19.8. The van der Waals surface area contributed by atoms with Gasteiger partial charge in [0.05, 0.1) is 4.91 Å². The van der Waals surface area contributed by atoms with Crippen LogP contribution in [0, 0.1) is 0 Å². The van der Waals surface area contributed by atoms with Gasteiger partial charge in [-0.2, -0.15) is 0 Å². The van der Waals surface area contributed by atoms with Crippen molar-refractivity contribution in [1.29, 1.82) is 0 Å². The third kappa shape index (κ3) is 3.61. The van der Waals surface area contributed by atoms with Crippen molar-refractivity contribution < 1.29 is 9.59 Å². The van der Waals surface area contributed by atoms with Crippen LogP contribution in [0.15, 0.2) is 80.8 Å². The van der Waals surface area contributed by atoms with Gasteiger partial charge in [0.15, 0.2) is 11.0 Å². The van der Waals surface area contributed by atoms with E-state index in [0.717, 1.165) is 21.8 Å². The number of rotatable bonds is 5. The van der Waals surface area contributed by atoms with Crippen molar-refractivity contribution in [3.8, 4) is 11.4 Å². The number of halogens is 2. The van der Waals surface area contributed by atoms with Gasteiger partial charge in [-0.25, -0.2) is 0 Å². The minimum absolute atomic E-state index is 0.101. The minimum atomic E-state index is -0.369. The Kier molecular flexibility index (Phi) is 5.54. The lowest BCUT2D eigenvalue weighted by molar-refractivity contribution is 0.0987. The molecule has 8 heteroatoms. The van der Waals surface area contributed by atoms with Crippen LogP contribution in [0.3, 0.4) is 0 Å². The van der Waals surface area contributed by atoms with Gasteiger partial charge in [0.25, 0.3) is 0 Å². The number of nitrogens with zero attached hydrogens (tertiary/aromatic N) is 3. The van der Waals surface area contributed by atoms with E-state index in [-0.39, 0.29) is 21.5 Å². The summed E-state index contributed by atoms with van der Waals surface area (Å²) >= 11 is 10.8. The Morgan fingerprint density at radius 1 is 1.07 bits per heavy atom. The normalized spacial score (nSPS) is 13.6. The fourth-order valence-corrected chi connectivity index (χ4v) is 4.63. The lowest BCUT2D eigenvalue weighted by Crippen LogP contribution is -2.18. The van der Waals surface area contributed by atoms with E-state index >= 15 is 0 Å². The van der Waals surface area contributed by atoms with Crippen LogP contribution in [0.1, 0.15) is 20.7 Å². The van der Waals surface area contributed by atoms with Crippen LogP contribution in [0.25, 0.3) is 11.4 Å². The first-order chi connectivity index (χ1) is 14.0. The average Bonchev–Trinajstić information content (AvgIpc) is 3.12. The van der Waals surface area contributed by atoms with Crippen LogP contribution in [-0.2, 0) is 6.54 Å². The van der Waals surface area contributed by atoms with Crippen molar-refractivity contribution in [2.75, 3.05) is 0 Å². The van der Waals surface area contributed by atoms with Crippen LogP contribution in [-0.4, -0.2) is 26.3 Å². The molecule has 1 heterocycles. The molecule has 2 aromatic carbocycles. The highest BCUT2D eigenvalue weighted by molar-refractivity contribution is 9.10. The third-order valence-electron chi connectivity index (χ3n) is 4.33. The molecule has 0 spiro atoms. The molecule has 0 fully saturated rings. The summed E-state index contributed by atoms with van der Waals surface area (Å²) in [7, 11) is 0. The number of benzene rings is 2. The van der Waals surface area contributed by atoms with Gasteiger partial charge < -0.3 is 0 Å². The van der Waals surface area contributed by atoms with Crippen molar-refractivity contribution in [3.05, 3.63) is 86.7 Å². The lowest BCUT2D eigenvalue weighted by Gasteiger charge is -2.17. The number of thioether (sulfide) groups is 1. The summed E-state index contributed by atoms with van der Waals surface area (Å²) in [6, 6.07) is 14.3. The van der Waals surface area contributed by atoms with E-state index in [1.807, 2.05) is 28.8 Å². The SMILES string of the molecule is C=CCn1c(SC2=C(Cl)C(=O)c3ccccc3C2=O)nnc1-c1cccc(Br)c1. The molecule has 0 amide bonds. The Morgan fingerprint density at radius 2 is 1.79 bits per heavy atom. The maximum atomic E-state index is 13.0. The molecule has 0 unspecified atom stereocenters. The second-order valence-electron chi connectivity index (χ2n) is 6.16. The van der Waals surface area contributed by atoms with Crippen molar-refractivity contribution >= 4 is 50.9 Å². The molecule has 29 heavy (non-hydrogen) atoms. The van der Waals surface area contributed by atoms with E-state index in [1.165, 1.54) is 0 Å². The predicted octanol–water partition coefficient (Wildman–Crippen LogP) is 5.52. The summed E-state index contributed by atoms with van der Waals surface area (Å²) in [5.41, 5.74) is 1.51. The maximum absolute atomic E-state index is 13.0. The summed E-state index contributed by atoms with van der Waals surface area (Å²) in [6.45, 7) is 4.22. The van der Waals surface area contributed by atoms with Crippen LogP contribution < -0.4 is 0 Å². The van der Waals surface area contributed by atoms with Gasteiger partial charge in [0, 0.05) is 27.7 Å². The Balaban J connectivity index is 1.77. The van der Waals surface area contributed by atoms with Crippen molar-refractivity contribution in [1.82, 2.24) is 14.8 Å². The topological polar surface area (TPSA) is 64.8 Å². The molecule has 0 saturated carbocycles. The highest BCUT2D eigenvalue weighted by atomic mass is 79.9. The highest BCUT2D eigenvalue weighted by Gasteiger charge is 2.33. The maximum Gasteiger partial charge on any atom is 0.206 e. The summed E-state index contributed by atoms with van der Waals surface area (Å²) in [5.74, 6) is -0.0425. The predicted molar refractivity (Wildman–Crippen MR) is 117 cm³/mol. The molecule has 0 N–H and O–H groups in total. The number of hydrogen-bond acceptors (Lipinski definition) is 5. The van der Waals surface area contributed by atoms with E-state index in [9.17, 15) is 9.59 Å². The quantitative estimate of drug-likeness (QED) is 0.445. The fourth-order valence-electron chi connectivity index (χ4n) is 3.00. The van der Waals surface area contributed by atoms with Gasteiger partial charge in [0.1, 0.15) is 5.03 Å². The van der Waals surface area contributed by atoms with Crippen molar-refractivity contribution in [3.63, 3.8) is 0 Å². The first-order valence-corrected chi connectivity index (χ1v) is 10.6. The van der Waals surface area contributed by atoms with E-state index in [4.69, 9.17) is 11.6 Å². The Labute approximate surface area is 184 Å². The van der Waals surface area contributed by atoms with Crippen molar-refractivity contribution in [2.45, 2.75) is 11.7 Å².